The molecule has 8 atom stereocenters. The number of nitrogens with zero attached hydrogens (tertiary/aromatic N) is 16. The van der Waals surface area contributed by atoms with Crippen molar-refractivity contribution >= 4 is 68.6 Å². The minimum atomic E-state index is -0.498. The van der Waals surface area contributed by atoms with E-state index in [1.165, 1.54) is 0 Å². The molecule has 16 aromatic rings. The van der Waals surface area contributed by atoms with Crippen LogP contribution in [0.4, 0.5) is 46.5 Å². The first-order valence-corrected chi connectivity index (χ1v) is 48.2. The first-order chi connectivity index (χ1) is 70.4. The van der Waals surface area contributed by atoms with Crippen molar-refractivity contribution in [3.63, 3.8) is 0 Å². The molecule has 20 rings (SSSR count). The van der Waals surface area contributed by atoms with Crippen molar-refractivity contribution in [2.24, 2.45) is 0 Å². The Balaban J connectivity index is 0.000000132. The van der Waals surface area contributed by atoms with Crippen molar-refractivity contribution in [3.8, 4) is 91.0 Å². The molecule has 0 bridgehead atoms. The number of piperidine rings is 4. The van der Waals surface area contributed by atoms with Gasteiger partial charge in [0.15, 0.2) is 0 Å². The zero-order chi connectivity index (χ0) is 100. The Labute approximate surface area is 834 Å². The Morgan fingerprint density at radius 2 is 0.472 bits per heavy atom. The van der Waals surface area contributed by atoms with Gasteiger partial charge in [-0.05, 0) is 220 Å². The fourth-order valence-corrected chi connectivity index (χ4v) is 19.6. The highest BCUT2D eigenvalue weighted by atomic mass is 16.5. The van der Waals surface area contributed by atoms with Gasteiger partial charge in [0.1, 0.15) is 46.0 Å². The molecule has 12 heterocycles. The number of anilines is 8. The summed E-state index contributed by atoms with van der Waals surface area (Å²) in [6.45, 7) is 8.28. The summed E-state index contributed by atoms with van der Waals surface area (Å²) in [6, 6.07) is 70.8. The molecule has 4 aliphatic rings. The Morgan fingerprint density at radius 3 is 0.667 bits per heavy atom. The standard InChI is InChI=1S/4C27H31N5O4/c4*1-35-25-6-4-3-5-21(25)23-10-8-19-16-28-27(30-32(19)23)29-22-9-7-18(15-26(22)36-2)20-11-12-31(13-14-33)17-24(20)34/h4*3-10,15-16,20,24,33-34H,11-14,17H2,1-2H3,(H,29,30)/t20?,24-;20-,24+;2*20-,24-/m0010/s1. The number of hydrogen-bond donors (Lipinski definition) is 12. The Hall–Kier alpha value is -14.6. The minimum Gasteiger partial charge on any atom is -0.496 e. The summed E-state index contributed by atoms with van der Waals surface area (Å²) in [4.78, 5) is 26.3. The second-order valence-corrected chi connectivity index (χ2v) is 35.6. The molecule has 8 aromatic heterocycles. The Bertz CT molecular complexity index is 6180. The van der Waals surface area contributed by atoms with Gasteiger partial charge in [-0.25, -0.2) is 38.0 Å². The van der Waals surface area contributed by atoms with Crippen LogP contribution in [0.3, 0.4) is 0 Å². The fourth-order valence-electron chi connectivity index (χ4n) is 19.6. The second-order valence-electron chi connectivity index (χ2n) is 35.6. The quantitative estimate of drug-likeness (QED) is 0.0186. The number of likely N-dealkylation sites (tertiary alicyclic amines) is 4. The molecule has 4 fully saturated rings. The van der Waals surface area contributed by atoms with Gasteiger partial charge in [0, 0.05) is 98.3 Å². The average Bonchev–Trinajstić information content (AvgIpc) is 1.69. The molecular formula is C108H124N20O16. The maximum atomic E-state index is 10.7. The third-order valence-electron chi connectivity index (χ3n) is 27.1. The number of β-amino-alcohol motifs (C(OH)–C–C–N with tert-alkyl or cyclic N) is 8. The summed E-state index contributed by atoms with van der Waals surface area (Å²) < 4.78 is 52.2. The maximum Gasteiger partial charge on any atom is 0.245 e. The molecule has 12 N–H and O–H groups in total. The summed E-state index contributed by atoms with van der Waals surface area (Å²) >= 11 is 0. The van der Waals surface area contributed by atoms with E-state index in [9.17, 15) is 40.9 Å². The minimum absolute atomic E-state index is 0.0128. The molecule has 0 spiro atoms. The maximum absolute atomic E-state index is 10.7. The van der Waals surface area contributed by atoms with Crippen LogP contribution in [0.15, 0.2) is 243 Å². The predicted octanol–water partition coefficient (Wildman–Crippen LogP) is 13.2. The van der Waals surface area contributed by atoms with Crippen molar-refractivity contribution in [1.29, 1.82) is 0 Å². The van der Waals surface area contributed by atoms with Gasteiger partial charge < -0.3 is 100 Å². The number of para-hydroxylation sites is 4. The van der Waals surface area contributed by atoms with Crippen LogP contribution in [0.5, 0.6) is 46.0 Å². The predicted molar refractivity (Wildman–Crippen MR) is 553 cm³/mol. The number of methoxy groups -OCH3 is 8. The van der Waals surface area contributed by atoms with E-state index >= 15 is 0 Å². The molecule has 0 amide bonds. The lowest BCUT2D eigenvalue weighted by molar-refractivity contribution is 0.0432. The van der Waals surface area contributed by atoms with E-state index < -0.39 is 24.4 Å². The molecule has 36 nitrogen and oxygen atoms in total. The lowest BCUT2D eigenvalue weighted by Gasteiger charge is -2.36. The summed E-state index contributed by atoms with van der Waals surface area (Å²) in [5.41, 5.74) is 17.9. The third-order valence-corrected chi connectivity index (χ3v) is 27.1. The van der Waals surface area contributed by atoms with E-state index in [2.05, 4.69) is 60.8 Å². The van der Waals surface area contributed by atoms with Crippen molar-refractivity contribution in [1.82, 2.24) is 78.0 Å². The number of nitrogens with one attached hydrogen (secondary N) is 4. The monoisotopic (exact) mass is 1960 g/mol. The van der Waals surface area contributed by atoms with Gasteiger partial charge in [-0.2, -0.15) is 0 Å². The van der Waals surface area contributed by atoms with Crippen LogP contribution in [0.2, 0.25) is 0 Å². The Morgan fingerprint density at radius 1 is 0.264 bits per heavy atom. The fraction of sp³-hybridized carbons (Fsp3) is 0.333. The smallest absolute Gasteiger partial charge is 0.245 e. The number of fused-ring (bicyclic) bond motifs is 4. The zero-order valence-electron chi connectivity index (χ0n) is 81.9. The van der Waals surface area contributed by atoms with Crippen molar-refractivity contribution in [3.05, 3.63) is 265 Å². The second kappa shape index (κ2) is 47.5. The largest absolute Gasteiger partial charge is 0.496 e. The van der Waals surface area contributed by atoms with Crippen molar-refractivity contribution in [2.75, 3.05) is 183 Å². The summed E-state index contributed by atoms with van der Waals surface area (Å²) in [6.07, 6.45) is 8.35. The molecule has 752 valence electrons. The van der Waals surface area contributed by atoms with Gasteiger partial charge in [0.05, 0.1) is 200 Å². The van der Waals surface area contributed by atoms with Crippen LogP contribution in [-0.4, -0.2) is 305 Å². The molecule has 0 aliphatic carbocycles. The average molecular weight is 1960 g/mol. The van der Waals surface area contributed by atoms with Gasteiger partial charge >= 0.3 is 0 Å². The lowest BCUT2D eigenvalue weighted by Crippen LogP contribution is -2.43. The first-order valence-electron chi connectivity index (χ1n) is 48.2. The van der Waals surface area contributed by atoms with Gasteiger partial charge in [0.2, 0.25) is 23.8 Å². The first kappa shape index (κ1) is 101. The number of aliphatic hydroxyl groups is 8. The van der Waals surface area contributed by atoms with Crippen LogP contribution < -0.4 is 59.2 Å². The number of ether oxygens (including phenoxy) is 8. The van der Waals surface area contributed by atoms with E-state index in [4.69, 9.17) is 58.3 Å². The molecule has 1 unspecified atom stereocenters. The van der Waals surface area contributed by atoms with Crippen LogP contribution in [0, 0.1) is 0 Å². The molecule has 8 aromatic carbocycles. The molecule has 144 heavy (non-hydrogen) atoms. The number of hydrogen-bond acceptors (Lipinski definition) is 32. The van der Waals surface area contributed by atoms with Gasteiger partial charge in [-0.3, -0.25) is 19.6 Å². The van der Waals surface area contributed by atoms with Crippen molar-refractivity contribution < 1.29 is 78.7 Å². The SMILES string of the molecule is COc1cc(C2CCN(CCO)C[C@@H]2O)ccc1Nc1ncc2ccc(-c3ccccc3OC)n2n1.COc1cc([C@@H]2CCN(CCO)C[C@@H]2O)ccc1Nc1ncc2ccc(-c3ccccc3OC)n2n1.COc1cc([C@@H]2CCN(CCO)C[C@H]2O)ccc1Nc1ncc2ccc(-c3ccccc3OC)n2n1.COc1cc([C@H]2CCN(CCO)C[C@H]2O)ccc1Nc1ncc2ccc(-c3ccccc3OC)n2n1. The highest BCUT2D eigenvalue weighted by Crippen LogP contribution is 2.44. The van der Waals surface area contributed by atoms with Crippen LogP contribution >= 0.6 is 0 Å². The van der Waals surface area contributed by atoms with Gasteiger partial charge in [0.25, 0.3) is 0 Å². The van der Waals surface area contributed by atoms with E-state index in [0.717, 1.165) is 187 Å². The van der Waals surface area contributed by atoms with Crippen molar-refractivity contribution in [2.45, 2.75) is 73.8 Å². The number of rotatable bonds is 32. The van der Waals surface area contributed by atoms with E-state index in [1.54, 1.807) is 81.7 Å². The molecular weight excluding hydrogens is 1830 g/mol. The molecule has 0 radical (unpaired) electrons. The molecule has 36 heteroatoms. The number of aliphatic hydroxyl groups excluding tert-OH is 8. The number of benzene rings is 8. The summed E-state index contributed by atoms with van der Waals surface area (Å²) in [7, 11) is 13.1. The number of aromatic nitrogens is 12. The van der Waals surface area contributed by atoms with E-state index in [1.807, 2.05) is 236 Å². The third kappa shape index (κ3) is 23.0. The lowest BCUT2D eigenvalue weighted by atomic mass is 9.87. The van der Waals surface area contributed by atoms with Gasteiger partial charge in [-0.15, -0.1) is 20.4 Å². The topological polar surface area (TPSA) is 418 Å². The van der Waals surface area contributed by atoms with Crippen LogP contribution in [-0.2, 0) is 0 Å². The summed E-state index contributed by atoms with van der Waals surface area (Å²) in [5.74, 6) is 7.46. The molecule has 4 saturated heterocycles. The van der Waals surface area contributed by atoms with E-state index in [-0.39, 0.29) is 50.1 Å². The Kier molecular flexibility index (Phi) is 33.3. The van der Waals surface area contributed by atoms with Crippen LogP contribution in [0.1, 0.15) is 71.6 Å². The van der Waals surface area contributed by atoms with Gasteiger partial charge in [-0.1, -0.05) is 72.8 Å². The molecule has 4 aliphatic heterocycles. The van der Waals surface area contributed by atoms with Crippen LogP contribution in [0.25, 0.3) is 67.1 Å². The highest BCUT2D eigenvalue weighted by molar-refractivity contribution is 5.78. The molecule has 0 saturated carbocycles. The zero-order valence-corrected chi connectivity index (χ0v) is 81.9. The normalized spacial score (nSPS) is 18.3. The summed E-state index contributed by atoms with van der Waals surface area (Å²) in [5, 5.41) is 112. The van der Waals surface area contributed by atoms with E-state index in [0.29, 0.717) is 99.1 Å². The highest BCUT2D eigenvalue weighted by Gasteiger charge is 2.35.